The van der Waals surface area contributed by atoms with Crippen molar-refractivity contribution >= 4 is 11.9 Å². The van der Waals surface area contributed by atoms with E-state index in [0.29, 0.717) is 12.8 Å². The van der Waals surface area contributed by atoms with Crippen LogP contribution in [0.2, 0.25) is 0 Å². The Hall–Kier alpha value is -3.60. The standard InChI is InChI=1S/C32H46O11/c1-7-9-11-13-15-25(40-21(3)33)29-17-27(37-5)23(31(35)42-29)19-39-20-24-28(38-6)18-30(43-32(24)36)26(41-22(4)34)16-14-12-10-8-2/h17-18,25-26H,7-16,19-20H2,1-6H3/t25-,26-/m0/s1. The SMILES string of the molecule is CCCCCC[C@H](OC(C)=O)c1cc(OC)c(COCc2c(OC)cc([C@H](CCCCCC)OC(C)=O)oc2=O)c(=O)o1. The zero-order valence-corrected chi connectivity index (χ0v) is 26.3. The monoisotopic (exact) mass is 606 g/mol. The van der Waals surface area contributed by atoms with E-state index in [4.69, 9.17) is 32.5 Å². The molecule has 0 spiro atoms. The second kappa shape index (κ2) is 18.8. The molecule has 2 atom stereocenters. The molecule has 0 saturated heterocycles. The zero-order valence-electron chi connectivity index (χ0n) is 26.3. The number of ether oxygens (including phenoxy) is 5. The lowest BCUT2D eigenvalue weighted by Gasteiger charge is -2.18. The van der Waals surface area contributed by atoms with Crippen molar-refractivity contribution in [2.45, 2.75) is 117 Å². The second-order valence-electron chi connectivity index (χ2n) is 10.4. The van der Waals surface area contributed by atoms with Crippen LogP contribution in [0, 0.1) is 0 Å². The van der Waals surface area contributed by atoms with Gasteiger partial charge in [-0.2, -0.15) is 0 Å². The van der Waals surface area contributed by atoms with Crippen molar-refractivity contribution in [1.82, 2.24) is 0 Å². The van der Waals surface area contributed by atoms with Crippen molar-refractivity contribution in [3.8, 4) is 11.5 Å². The van der Waals surface area contributed by atoms with Gasteiger partial charge in [-0.1, -0.05) is 52.4 Å². The number of carbonyl (C=O) groups is 2. The van der Waals surface area contributed by atoms with E-state index in [0.717, 1.165) is 51.4 Å². The van der Waals surface area contributed by atoms with Gasteiger partial charge in [0.2, 0.25) is 0 Å². The lowest BCUT2D eigenvalue weighted by molar-refractivity contribution is -0.149. The topological polar surface area (TPSA) is 141 Å². The number of carbonyl (C=O) groups excluding carboxylic acids is 2. The van der Waals surface area contributed by atoms with E-state index in [9.17, 15) is 19.2 Å². The summed E-state index contributed by atoms with van der Waals surface area (Å²) in [4.78, 5) is 49.3. The largest absolute Gasteiger partial charge is 0.496 e. The van der Waals surface area contributed by atoms with Crippen LogP contribution in [0.25, 0.3) is 0 Å². The second-order valence-corrected chi connectivity index (χ2v) is 10.4. The number of rotatable bonds is 20. The molecular weight excluding hydrogens is 560 g/mol. The molecule has 11 heteroatoms. The summed E-state index contributed by atoms with van der Waals surface area (Å²) in [5.41, 5.74) is -1.22. The third kappa shape index (κ3) is 11.5. The predicted octanol–water partition coefficient (Wildman–Crippen LogP) is 6.48. The quantitative estimate of drug-likeness (QED) is 0.121. The van der Waals surface area contributed by atoms with E-state index in [1.807, 2.05) is 0 Å². The van der Waals surface area contributed by atoms with Crippen LogP contribution < -0.4 is 20.7 Å². The molecule has 43 heavy (non-hydrogen) atoms. The Morgan fingerprint density at radius 1 is 0.674 bits per heavy atom. The van der Waals surface area contributed by atoms with Crippen LogP contribution in [-0.2, 0) is 37.0 Å². The van der Waals surface area contributed by atoms with Gasteiger partial charge >= 0.3 is 23.2 Å². The number of hydrogen-bond donors (Lipinski definition) is 0. The maximum Gasteiger partial charge on any atom is 0.345 e. The highest BCUT2D eigenvalue weighted by Gasteiger charge is 2.24. The molecule has 0 radical (unpaired) electrons. The summed E-state index contributed by atoms with van der Waals surface area (Å²) in [5.74, 6) is -0.176. The Morgan fingerprint density at radius 3 is 1.40 bits per heavy atom. The molecule has 0 fully saturated rings. The van der Waals surface area contributed by atoms with Crippen LogP contribution in [0.3, 0.4) is 0 Å². The first-order valence-corrected chi connectivity index (χ1v) is 15.0. The molecule has 11 nitrogen and oxygen atoms in total. The normalized spacial score (nSPS) is 12.4. The van der Waals surface area contributed by atoms with Gasteiger partial charge < -0.3 is 32.5 Å². The fourth-order valence-corrected chi connectivity index (χ4v) is 4.66. The van der Waals surface area contributed by atoms with Gasteiger partial charge in [-0.15, -0.1) is 0 Å². The summed E-state index contributed by atoms with van der Waals surface area (Å²) in [5, 5.41) is 0. The van der Waals surface area contributed by atoms with Gasteiger partial charge in [-0.05, 0) is 25.7 Å². The molecule has 0 aromatic carbocycles. The van der Waals surface area contributed by atoms with Gasteiger partial charge in [0, 0.05) is 26.0 Å². The fourth-order valence-electron chi connectivity index (χ4n) is 4.66. The minimum Gasteiger partial charge on any atom is -0.496 e. The molecule has 0 saturated carbocycles. The Kier molecular flexibility index (Phi) is 15.6. The lowest BCUT2D eigenvalue weighted by Crippen LogP contribution is -2.18. The third-order valence-corrected chi connectivity index (χ3v) is 6.88. The van der Waals surface area contributed by atoms with Crippen LogP contribution >= 0.6 is 0 Å². The van der Waals surface area contributed by atoms with Gasteiger partial charge in [0.25, 0.3) is 0 Å². The van der Waals surface area contributed by atoms with Crippen LogP contribution in [0.4, 0.5) is 0 Å². The summed E-state index contributed by atoms with van der Waals surface area (Å²) < 4.78 is 38.5. The number of esters is 2. The Balaban J connectivity index is 2.22. The molecule has 0 unspecified atom stereocenters. The molecule has 0 amide bonds. The van der Waals surface area contributed by atoms with Gasteiger partial charge in [-0.3, -0.25) is 9.59 Å². The molecule has 0 aliphatic heterocycles. The third-order valence-electron chi connectivity index (χ3n) is 6.88. The summed E-state index contributed by atoms with van der Waals surface area (Å²) in [7, 11) is 2.81. The van der Waals surface area contributed by atoms with Crippen molar-refractivity contribution < 1.29 is 42.1 Å². The predicted molar refractivity (Wildman–Crippen MR) is 158 cm³/mol. The number of methoxy groups -OCH3 is 2. The molecule has 2 heterocycles. The Morgan fingerprint density at radius 2 is 1.07 bits per heavy atom. The average molecular weight is 607 g/mol. The van der Waals surface area contributed by atoms with Crippen molar-refractivity contribution in [3.63, 3.8) is 0 Å². The van der Waals surface area contributed by atoms with E-state index in [2.05, 4.69) is 13.8 Å². The summed E-state index contributed by atoms with van der Waals surface area (Å²) in [6, 6.07) is 3.04. The molecule has 2 aromatic heterocycles. The molecule has 240 valence electrons. The highest BCUT2D eigenvalue weighted by atomic mass is 16.6. The van der Waals surface area contributed by atoms with Gasteiger partial charge in [0.05, 0.1) is 27.4 Å². The lowest BCUT2D eigenvalue weighted by atomic mass is 10.1. The minimum absolute atomic E-state index is 0.0979. The molecular formula is C32H46O11. The number of unbranched alkanes of at least 4 members (excludes halogenated alkanes) is 6. The molecule has 2 aromatic rings. The van der Waals surface area contributed by atoms with Crippen LogP contribution in [0.15, 0.2) is 30.6 Å². The minimum atomic E-state index is -0.721. The van der Waals surface area contributed by atoms with Crippen molar-refractivity contribution in [1.29, 1.82) is 0 Å². The van der Waals surface area contributed by atoms with E-state index in [-0.39, 0.29) is 47.4 Å². The molecule has 0 N–H and O–H groups in total. The summed E-state index contributed by atoms with van der Waals surface area (Å²) in [6.07, 6.45) is 7.30. The van der Waals surface area contributed by atoms with E-state index < -0.39 is 35.4 Å². The smallest absolute Gasteiger partial charge is 0.345 e. The zero-order chi connectivity index (χ0) is 31.8. The van der Waals surface area contributed by atoms with E-state index in [1.165, 1.54) is 40.2 Å². The van der Waals surface area contributed by atoms with E-state index >= 15 is 0 Å². The summed E-state index contributed by atoms with van der Waals surface area (Å²) in [6.45, 7) is 6.33. The summed E-state index contributed by atoms with van der Waals surface area (Å²) >= 11 is 0. The highest BCUT2D eigenvalue weighted by Crippen LogP contribution is 2.30. The van der Waals surface area contributed by atoms with Crippen molar-refractivity contribution in [2.24, 2.45) is 0 Å². The maximum absolute atomic E-state index is 12.9. The van der Waals surface area contributed by atoms with Crippen LogP contribution in [0.1, 0.15) is 127 Å². The number of hydrogen-bond acceptors (Lipinski definition) is 11. The molecule has 2 rings (SSSR count). The average Bonchev–Trinajstić information content (AvgIpc) is 2.96. The molecule has 0 bridgehead atoms. The Labute approximate surface area is 252 Å². The first-order valence-electron chi connectivity index (χ1n) is 15.0. The van der Waals surface area contributed by atoms with Crippen LogP contribution in [0.5, 0.6) is 11.5 Å². The fraction of sp³-hybridized carbons (Fsp3) is 0.625. The van der Waals surface area contributed by atoms with Crippen molar-refractivity contribution in [3.05, 3.63) is 55.6 Å². The highest BCUT2D eigenvalue weighted by molar-refractivity contribution is 5.66. The molecule has 0 aliphatic rings. The van der Waals surface area contributed by atoms with Gasteiger partial charge in [-0.25, -0.2) is 9.59 Å². The molecule has 0 aliphatic carbocycles. The maximum atomic E-state index is 12.9. The first-order chi connectivity index (χ1) is 20.6. The van der Waals surface area contributed by atoms with Gasteiger partial charge in [0.1, 0.15) is 22.6 Å². The van der Waals surface area contributed by atoms with E-state index in [1.54, 1.807) is 0 Å². The van der Waals surface area contributed by atoms with Crippen molar-refractivity contribution in [2.75, 3.05) is 14.2 Å². The van der Waals surface area contributed by atoms with Gasteiger partial charge in [0.15, 0.2) is 23.7 Å². The van der Waals surface area contributed by atoms with Crippen LogP contribution in [-0.4, -0.2) is 26.2 Å². The first kappa shape index (κ1) is 35.6. The Bertz CT molecular complexity index is 1180.